The predicted octanol–water partition coefficient (Wildman–Crippen LogP) is 3.08. The lowest BCUT2D eigenvalue weighted by Crippen LogP contribution is -2.40. The lowest BCUT2D eigenvalue weighted by molar-refractivity contribution is -0.125. The summed E-state index contributed by atoms with van der Waals surface area (Å²) in [6.45, 7) is -2.97. The quantitative estimate of drug-likeness (QED) is 0.897. The molecule has 2 aromatic rings. The summed E-state index contributed by atoms with van der Waals surface area (Å²) in [5, 5.41) is 2.58. The molecule has 0 saturated carbocycles. The third-order valence-corrected chi connectivity index (χ3v) is 3.45. The van der Waals surface area contributed by atoms with Crippen molar-refractivity contribution in [2.24, 2.45) is 0 Å². The molecule has 8 heteroatoms. The van der Waals surface area contributed by atoms with Gasteiger partial charge in [-0.05, 0) is 24.3 Å². The number of ether oxygens (including phenoxy) is 4. The number of halogens is 2. The number of hydrogen-bond donors (Lipinski definition) is 1. The van der Waals surface area contributed by atoms with Crippen molar-refractivity contribution in [1.29, 1.82) is 0 Å². The predicted molar refractivity (Wildman–Crippen MR) is 84.6 cm³/mol. The van der Waals surface area contributed by atoms with Crippen LogP contribution in [-0.4, -0.2) is 32.3 Å². The molecule has 1 N–H and O–H groups in total. The van der Waals surface area contributed by atoms with Crippen LogP contribution in [0.15, 0.2) is 42.5 Å². The lowest BCUT2D eigenvalue weighted by Gasteiger charge is -2.25. The van der Waals surface area contributed by atoms with Crippen LogP contribution in [0.3, 0.4) is 0 Å². The molecule has 3 rings (SSSR count). The number of carbonyl (C=O) groups excluding carboxylic acids is 1. The molecule has 1 heterocycles. The van der Waals surface area contributed by atoms with Crippen LogP contribution in [0.1, 0.15) is 0 Å². The fraction of sp³-hybridized carbons (Fsp3) is 0.235. The number of nitrogens with one attached hydrogen (secondary N) is 1. The molecular formula is C17H15F2NO5. The third-order valence-electron chi connectivity index (χ3n) is 3.45. The van der Waals surface area contributed by atoms with Crippen molar-refractivity contribution in [2.75, 3.05) is 19.0 Å². The van der Waals surface area contributed by atoms with Gasteiger partial charge >= 0.3 is 6.61 Å². The summed E-state index contributed by atoms with van der Waals surface area (Å²) in [6.07, 6.45) is -0.864. The maximum atomic E-state index is 12.5. The van der Waals surface area contributed by atoms with Gasteiger partial charge in [-0.1, -0.05) is 12.1 Å². The lowest BCUT2D eigenvalue weighted by atomic mass is 10.2. The number of para-hydroxylation sites is 2. The Morgan fingerprint density at radius 3 is 2.68 bits per heavy atom. The molecule has 2 aromatic carbocycles. The number of hydrogen-bond acceptors (Lipinski definition) is 5. The summed E-state index contributed by atoms with van der Waals surface area (Å²) in [5.41, 5.74) is 0.268. The van der Waals surface area contributed by atoms with Gasteiger partial charge in [0.25, 0.3) is 5.91 Å². The zero-order valence-corrected chi connectivity index (χ0v) is 13.2. The molecule has 0 aromatic heterocycles. The highest BCUT2D eigenvalue weighted by molar-refractivity contribution is 5.95. The van der Waals surface area contributed by atoms with Crippen molar-refractivity contribution >= 4 is 11.6 Å². The standard InChI is InChI=1S/C17H15F2NO5/c1-22-11-7-6-10(8-14(11)25-17(18)19)20-16(21)15-9-23-12-4-2-3-5-13(12)24-15/h2-8,15,17H,9H2,1H3,(H,20,21)/t15-/m1/s1. The SMILES string of the molecule is COc1ccc(NC(=O)[C@H]2COc3ccccc3O2)cc1OC(F)F. The van der Waals surface area contributed by atoms with Crippen LogP contribution < -0.4 is 24.3 Å². The number of anilines is 1. The monoisotopic (exact) mass is 351 g/mol. The molecule has 1 atom stereocenters. The van der Waals surface area contributed by atoms with E-state index in [0.717, 1.165) is 0 Å². The van der Waals surface area contributed by atoms with Gasteiger partial charge in [-0.15, -0.1) is 0 Å². The first-order valence-corrected chi connectivity index (χ1v) is 7.39. The molecule has 0 aliphatic carbocycles. The Bertz CT molecular complexity index is 768. The van der Waals surface area contributed by atoms with Crippen LogP contribution >= 0.6 is 0 Å². The summed E-state index contributed by atoms with van der Waals surface area (Å²) in [7, 11) is 1.33. The Hall–Kier alpha value is -3.03. The summed E-state index contributed by atoms with van der Waals surface area (Å²) in [6, 6.07) is 11.2. The smallest absolute Gasteiger partial charge is 0.387 e. The average molecular weight is 351 g/mol. The minimum absolute atomic E-state index is 0.0411. The minimum Gasteiger partial charge on any atom is -0.493 e. The Morgan fingerprint density at radius 2 is 1.96 bits per heavy atom. The van der Waals surface area contributed by atoms with E-state index in [1.165, 1.54) is 25.3 Å². The molecule has 0 unspecified atom stereocenters. The Balaban J connectivity index is 1.71. The molecule has 6 nitrogen and oxygen atoms in total. The van der Waals surface area contributed by atoms with Crippen molar-refractivity contribution in [3.8, 4) is 23.0 Å². The highest BCUT2D eigenvalue weighted by atomic mass is 19.3. The van der Waals surface area contributed by atoms with Crippen molar-refractivity contribution in [2.45, 2.75) is 12.7 Å². The van der Waals surface area contributed by atoms with E-state index in [1.807, 2.05) is 0 Å². The van der Waals surface area contributed by atoms with Gasteiger partial charge in [0.1, 0.15) is 6.61 Å². The number of carbonyl (C=O) groups is 1. The first-order chi connectivity index (χ1) is 12.1. The van der Waals surface area contributed by atoms with Gasteiger partial charge in [0.15, 0.2) is 23.0 Å². The van der Waals surface area contributed by atoms with Gasteiger partial charge in [0, 0.05) is 11.8 Å². The van der Waals surface area contributed by atoms with Gasteiger partial charge in [0.05, 0.1) is 7.11 Å². The van der Waals surface area contributed by atoms with Crippen LogP contribution in [0.25, 0.3) is 0 Å². The maximum Gasteiger partial charge on any atom is 0.387 e. The second-order valence-electron chi connectivity index (χ2n) is 5.10. The van der Waals surface area contributed by atoms with E-state index in [2.05, 4.69) is 10.1 Å². The minimum atomic E-state index is -3.01. The average Bonchev–Trinajstić information content (AvgIpc) is 2.61. The Morgan fingerprint density at radius 1 is 1.20 bits per heavy atom. The van der Waals surface area contributed by atoms with Crippen molar-refractivity contribution in [3.63, 3.8) is 0 Å². The first kappa shape index (κ1) is 16.8. The van der Waals surface area contributed by atoms with E-state index >= 15 is 0 Å². The van der Waals surface area contributed by atoms with E-state index < -0.39 is 18.6 Å². The topological polar surface area (TPSA) is 66.0 Å². The molecule has 25 heavy (non-hydrogen) atoms. The number of benzene rings is 2. The number of rotatable bonds is 5. The van der Waals surface area contributed by atoms with Gasteiger partial charge in [-0.2, -0.15) is 8.78 Å². The fourth-order valence-electron chi connectivity index (χ4n) is 2.31. The zero-order chi connectivity index (χ0) is 17.8. The van der Waals surface area contributed by atoms with Gasteiger partial charge < -0.3 is 24.3 Å². The van der Waals surface area contributed by atoms with Gasteiger partial charge in [0.2, 0.25) is 6.10 Å². The highest BCUT2D eigenvalue weighted by Gasteiger charge is 2.27. The van der Waals surface area contributed by atoms with Crippen LogP contribution in [-0.2, 0) is 4.79 Å². The second kappa shape index (κ2) is 7.25. The number of methoxy groups -OCH3 is 1. The molecule has 1 aliphatic heterocycles. The van der Waals surface area contributed by atoms with Gasteiger partial charge in [-0.25, -0.2) is 0 Å². The van der Waals surface area contributed by atoms with Crippen LogP contribution in [0.4, 0.5) is 14.5 Å². The molecule has 0 bridgehead atoms. The van der Waals surface area contributed by atoms with E-state index in [4.69, 9.17) is 14.2 Å². The summed E-state index contributed by atoms with van der Waals surface area (Å²) in [5.74, 6) is 0.502. The van der Waals surface area contributed by atoms with Crippen LogP contribution in [0, 0.1) is 0 Å². The van der Waals surface area contributed by atoms with Crippen molar-refractivity contribution in [3.05, 3.63) is 42.5 Å². The molecule has 0 fully saturated rings. The molecule has 0 spiro atoms. The van der Waals surface area contributed by atoms with Crippen LogP contribution in [0.2, 0.25) is 0 Å². The normalized spacial score (nSPS) is 15.6. The van der Waals surface area contributed by atoms with Gasteiger partial charge in [-0.3, -0.25) is 4.79 Å². The van der Waals surface area contributed by atoms with E-state index in [0.29, 0.717) is 11.5 Å². The maximum absolute atomic E-state index is 12.5. The fourth-order valence-corrected chi connectivity index (χ4v) is 2.31. The van der Waals surface area contributed by atoms with Crippen molar-refractivity contribution in [1.82, 2.24) is 0 Å². The molecule has 0 radical (unpaired) electrons. The van der Waals surface area contributed by atoms with E-state index in [1.54, 1.807) is 24.3 Å². The van der Waals surface area contributed by atoms with E-state index in [9.17, 15) is 13.6 Å². The van der Waals surface area contributed by atoms with Crippen molar-refractivity contribution < 1.29 is 32.5 Å². The summed E-state index contributed by atoms with van der Waals surface area (Å²) in [4.78, 5) is 12.3. The van der Waals surface area contributed by atoms with E-state index in [-0.39, 0.29) is 23.8 Å². The summed E-state index contributed by atoms with van der Waals surface area (Å²) >= 11 is 0. The molecule has 1 amide bonds. The number of amides is 1. The number of alkyl halides is 2. The zero-order valence-electron chi connectivity index (χ0n) is 13.2. The Kier molecular flexibility index (Phi) is 4.87. The third kappa shape index (κ3) is 3.90. The number of fused-ring (bicyclic) bond motifs is 1. The molecule has 0 saturated heterocycles. The molecule has 1 aliphatic rings. The summed E-state index contributed by atoms with van der Waals surface area (Å²) < 4.78 is 45.3. The van der Waals surface area contributed by atoms with Crippen LogP contribution in [0.5, 0.6) is 23.0 Å². The highest BCUT2D eigenvalue weighted by Crippen LogP contribution is 2.33. The molecule has 132 valence electrons. The second-order valence-corrected chi connectivity index (χ2v) is 5.10. The molecular weight excluding hydrogens is 336 g/mol. The first-order valence-electron chi connectivity index (χ1n) is 7.39. The Labute approximate surface area is 142 Å². The largest absolute Gasteiger partial charge is 0.493 e.